The van der Waals surface area contributed by atoms with Crippen molar-refractivity contribution in [2.45, 2.75) is 6.92 Å². The van der Waals surface area contributed by atoms with Gasteiger partial charge in [0.05, 0.1) is 22.3 Å². The van der Waals surface area contributed by atoms with E-state index < -0.39 is 17.2 Å². The van der Waals surface area contributed by atoms with E-state index in [-0.39, 0.29) is 17.6 Å². The van der Waals surface area contributed by atoms with Crippen LogP contribution in [0.15, 0.2) is 47.3 Å². The molecule has 0 aliphatic rings. The van der Waals surface area contributed by atoms with Gasteiger partial charge in [0.25, 0.3) is 0 Å². The average Bonchev–Trinajstić information content (AvgIpc) is 2.94. The van der Waals surface area contributed by atoms with Gasteiger partial charge in [-0.05, 0) is 37.3 Å². The molecule has 6 heteroatoms. The first-order valence-electron chi connectivity index (χ1n) is 7.44. The second kappa shape index (κ2) is 5.42. The minimum atomic E-state index is -0.683. The monoisotopic (exact) mass is 341 g/mol. The Morgan fingerprint density at radius 3 is 2.79 bits per heavy atom. The van der Waals surface area contributed by atoms with Gasteiger partial charge in [0, 0.05) is 5.39 Å². The number of hydrogen-bond donors (Lipinski definition) is 0. The third-order valence-electron chi connectivity index (χ3n) is 3.88. The molecular weight excluding hydrogens is 329 g/mol. The largest absolute Gasteiger partial charge is 0.462 e. The molecule has 0 bridgehead atoms. The molecule has 4 rings (SSSR count). The van der Waals surface area contributed by atoms with Gasteiger partial charge in [-0.3, -0.25) is 9.20 Å². The van der Waals surface area contributed by atoms with Gasteiger partial charge in [0.15, 0.2) is 0 Å². The second-order valence-corrected chi connectivity index (χ2v) is 6.33. The molecule has 4 nitrogen and oxygen atoms in total. The van der Waals surface area contributed by atoms with E-state index in [1.54, 1.807) is 13.0 Å². The number of carbonyl (C=O) groups excluding carboxylic acids is 1. The number of rotatable bonds is 2. The summed E-state index contributed by atoms with van der Waals surface area (Å²) in [5.41, 5.74) is 0.882. The zero-order chi connectivity index (χ0) is 16.8. The molecule has 120 valence electrons. The fraction of sp³-hybridized carbons (Fsp3) is 0.111. The summed E-state index contributed by atoms with van der Waals surface area (Å²) in [6.07, 6.45) is 0. The van der Waals surface area contributed by atoms with Crippen LogP contribution in [0.25, 0.3) is 25.9 Å². The number of halogens is 1. The molecule has 2 aromatic carbocycles. The van der Waals surface area contributed by atoms with Crippen LogP contribution < -0.4 is 5.43 Å². The van der Waals surface area contributed by atoms with Crippen molar-refractivity contribution in [2.75, 3.05) is 6.61 Å². The number of fused-ring (bicyclic) bond motifs is 5. The molecule has 24 heavy (non-hydrogen) atoms. The van der Waals surface area contributed by atoms with Crippen LogP contribution in [-0.2, 0) is 4.74 Å². The molecule has 0 fully saturated rings. The first-order chi connectivity index (χ1) is 11.6. The van der Waals surface area contributed by atoms with Crippen LogP contribution in [0.5, 0.6) is 0 Å². The van der Waals surface area contributed by atoms with Gasteiger partial charge in [-0.25, -0.2) is 9.18 Å². The lowest BCUT2D eigenvalue weighted by Gasteiger charge is -2.08. The molecule has 2 heterocycles. The Morgan fingerprint density at radius 2 is 2.00 bits per heavy atom. The first kappa shape index (κ1) is 14.8. The van der Waals surface area contributed by atoms with Gasteiger partial charge in [-0.1, -0.05) is 12.1 Å². The molecule has 0 aliphatic carbocycles. The summed E-state index contributed by atoms with van der Waals surface area (Å²) < 4.78 is 21.5. The van der Waals surface area contributed by atoms with E-state index in [9.17, 15) is 14.0 Å². The molecular formula is C18H12FNO3S. The molecule has 0 N–H and O–H groups in total. The van der Waals surface area contributed by atoms with Crippen LogP contribution in [0.2, 0.25) is 0 Å². The lowest BCUT2D eigenvalue weighted by atomic mass is 10.1. The van der Waals surface area contributed by atoms with Crippen LogP contribution in [0, 0.1) is 5.82 Å². The summed E-state index contributed by atoms with van der Waals surface area (Å²) in [7, 11) is 0. The number of benzene rings is 2. The molecule has 4 aromatic rings. The van der Waals surface area contributed by atoms with Gasteiger partial charge in [0.1, 0.15) is 16.2 Å². The zero-order valence-electron chi connectivity index (χ0n) is 12.7. The van der Waals surface area contributed by atoms with Crippen molar-refractivity contribution in [2.24, 2.45) is 0 Å². The van der Waals surface area contributed by atoms with E-state index in [2.05, 4.69) is 0 Å². The van der Waals surface area contributed by atoms with Crippen molar-refractivity contribution in [3.8, 4) is 0 Å². The Labute approximate surface area is 139 Å². The Hall–Kier alpha value is -2.73. The van der Waals surface area contributed by atoms with E-state index >= 15 is 0 Å². The normalized spacial score (nSPS) is 11.4. The second-order valence-electron chi connectivity index (χ2n) is 5.30. The number of ether oxygens (including phenoxy) is 1. The zero-order valence-corrected chi connectivity index (χ0v) is 13.5. The Bertz CT molecular complexity index is 1180. The molecule has 0 saturated heterocycles. The van der Waals surface area contributed by atoms with Crippen molar-refractivity contribution in [1.29, 1.82) is 0 Å². The van der Waals surface area contributed by atoms with Crippen molar-refractivity contribution in [3.63, 3.8) is 0 Å². The van der Waals surface area contributed by atoms with Crippen molar-refractivity contribution >= 4 is 43.3 Å². The number of aromatic nitrogens is 1. The summed E-state index contributed by atoms with van der Waals surface area (Å²) in [6, 6.07) is 11.6. The number of nitrogens with zero attached hydrogens (tertiary/aromatic N) is 1. The Morgan fingerprint density at radius 1 is 1.21 bits per heavy atom. The van der Waals surface area contributed by atoms with Crippen molar-refractivity contribution < 1.29 is 13.9 Å². The summed E-state index contributed by atoms with van der Waals surface area (Å²) in [6.45, 7) is 1.84. The van der Waals surface area contributed by atoms with E-state index in [1.165, 1.54) is 23.5 Å². The highest BCUT2D eigenvalue weighted by Gasteiger charge is 2.22. The summed E-state index contributed by atoms with van der Waals surface area (Å²) in [4.78, 5) is 25.7. The number of esters is 1. The highest BCUT2D eigenvalue weighted by atomic mass is 32.1. The number of para-hydroxylation sites is 1. The minimum absolute atomic E-state index is 0.0452. The summed E-state index contributed by atoms with van der Waals surface area (Å²) >= 11 is 1.34. The molecule has 0 spiro atoms. The molecule has 2 aromatic heterocycles. The summed E-state index contributed by atoms with van der Waals surface area (Å²) in [5, 5.41) is 0.166. The van der Waals surface area contributed by atoms with Crippen molar-refractivity contribution in [1.82, 2.24) is 4.40 Å². The fourth-order valence-electron chi connectivity index (χ4n) is 2.89. The van der Waals surface area contributed by atoms with Crippen molar-refractivity contribution in [3.05, 3.63) is 64.1 Å². The number of carbonyl (C=O) groups is 1. The standard InChI is InChI=1S/C18H12FNO3S/c1-2-23-18(22)15-16(21)11-9-10(19)7-8-12(11)20-13-5-3-4-6-14(13)24-17(15)20/h3-9H,2H2,1H3. The maximum Gasteiger partial charge on any atom is 0.345 e. The van der Waals surface area contributed by atoms with E-state index in [1.807, 2.05) is 28.7 Å². The lowest BCUT2D eigenvalue weighted by Crippen LogP contribution is -2.19. The van der Waals surface area contributed by atoms with Gasteiger partial charge >= 0.3 is 5.97 Å². The molecule has 0 aliphatic heterocycles. The van der Waals surface area contributed by atoms with E-state index in [0.717, 1.165) is 10.2 Å². The van der Waals surface area contributed by atoms with Crippen LogP contribution in [0.4, 0.5) is 4.39 Å². The third kappa shape index (κ3) is 2.03. The molecule has 0 radical (unpaired) electrons. The molecule has 0 atom stereocenters. The maximum atomic E-state index is 13.7. The lowest BCUT2D eigenvalue weighted by molar-refractivity contribution is 0.0527. The predicted molar refractivity (Wildman–Crippen MR) is 92.5 cm³/mol. The fourth-order valence-corrected chi connectivity index (χ4v) is 4.07. The molecule has 0 unspecified atom stereocenters. The van der Waals surface area contributed by atoms with Gasteiger partial charge in [-0.15, -0.1) is 11.3 Å². The Balaban J connectivity index is 2.29. The molecule has 0 amide bonds. The number of pyridine rings is 1. The first-order valence-corrected chi connectivity index (χ1v) is 8.26. The van der Waals surface area contributed by atoms with Crippen LogP contribution in [-0.4, -0.2) is 17.0 Å². The van der Waals surface area contributed by atoms with Crippen LogP contribution in [0.3, 0.4) is 0 Å². The van der Waals surface area contributed by atoms with Crippen LogP contribution >= 0.6 is 11.3 Å². The van der Waals surface area contributed by atoms with E-state index in [4.69, 9.17) is 4.74 Å². The topological polar surface area (TPSA) is 47.8 Å². The van der Waals surface area contributed by atoms with E-state index in [0.29, 0.717) is 10.3 Å². The maximum absolute atomic E-state index is 13.7. The quantitative estimate of drug-likeness (QED) is 0.518. The van der Waals surface area contributed by atoms with Gasteiger partial charge < -0.3 is 4.74 Å². The third-order valence-corrected chi connectivity index (χ3v) is 5.03. The number of hydrogen-bond acceptors (Lipinski definition) is 4. The smallest absolute Gasteiger partial charge is 0.345 e. The highest BCUT2D eigenvalue weighted by Crippen LogP contribution is 2.31. The Kier molecular flexibility index (Phi) is 3.35. The summed E-state index contributed by atoms with van der Waals surface area (Å²) in [5.74, 6) is -1.20. The average molecular weight is 341 g/mol. The van der Waals surface area contributed by atoms with Crippen LogP contribution in [0.1, 0.15) is 17.3 Å². The number of thiazole rings is 1. The van der Waals surface area contributed by atoms with Gasteiger partial charge in [-0.2, -0.15) is 0 Å². The van der Waals surface area contributed by atoms with Gasteiger partial charge in [0.2, 0.25) is 5.43 Å². The highest BCUT2D eigenvalue weighted by molar-refractivity contribution is 7.24. The SMILES string of the molecule is CCOC(=O)c1c(=O)c2cc(F)ccc2n2c1sc1ccccc12. The minimum Gasteiger partial charge on any atom is -0.462 e. The molecule has 0 saturated carbocycles. The predicted octanol–water partition coefficient (Wildman–Crippen LogP) is 3.98.